The van der Waals surface area contributed by atoms with Crippen molar-refractivity contribution in [2.24, 2.45) is 0 Å². The Balaban J connectivity index is 1.76. The van der Waals surface area contributed by atoms with E-state index in [1.165, 1.54) is 30.3 Å². The van der Waals surface area contributed by atoms with Crippen molar-refractivity contribution in [1.29, 1.82) is 0 Å². The molecule has 1 heterocycles. The lowest BCUT2D eigenvalue weighted by Gasteiger charge is -2.34. The lowest BCUT2D eigenvalue weighted by Crippen LogP contribution is -2.52. The Hall–Kier alpha value is -2.80. The number of amides is 2. The minimum atomic E-state index is -0.751. The van der Waals surface area contributed by atoms with E-state index in [1.807, 2.05) is 0 Å². The molecule has 3 rings (SSSR count). The largest absolute Gasteiger partial charge is 0.353 e. The van der Waals surface area contributed by atoms with Gasteiger partial charge in [-0.05, 0) is 36.8 Å². The van der Waals surface area contributed by atoms with Crippen molar-refractivity contribution in [2.75, 3.05) is 25.0 Å². The molecule has 1 aliphatic heterocycles. The zero-order valence-corrected chi connectivity index (χ0v) is 14.3. The minimum absolute atomic E-state index is 0.0649. The molecule has 2 aromatic carbocycles. The van der Waals surface area contributed by atoms with Crippen molar-refractivity contribution in [1.82, 2.24) is 10.2 Å². The molecular formula is C19H19F2N3O2. The summed E-state index contributed by atoms with van der Waals surface area (Å²) in [5, 5.41) is 5.41. The van der Waals surface area contributed by atoms with E-state index in [0.29, 0.717) is 29.9 Å². The summed E-state index contributed by atoms with van der Waals surface area (Å²) >= 11 is 0. The van der Waals surface area contributed by atoms with Crippen molar-refractivity contribution in [2.45, 2.75) is 13.0 Å². The number of carbonyl (C=O) groups excluding carboxylic acids is 2. The Labute approximate surface area is 150 Å². The number of hydrogen-bond donors (Lipinski definition) is 2. The molecule has 0 unspecified atom stereocenters. The van der Waals surface area contributed by atoms with Crippen LogP contribution in [0.1, 0.15) is 17.2 Å². The monoisotopic (exact) mass is 359 g/mol. The standard InChI is InChI=1S/C19H19F2N3O2/c1-12-15(21)6-3-7-16(12)23-17(25)11-24-9-8-22-19(26)18(24)13-4-2-5-14(20)10-13/h2-7,10,18H,8-9,11H2,1H3,(H,22,26)(H,23,25)/t18-/m0/s1. The quantitative estimate of drug-likeness (QED) is 0.881. The first-order chi connectivity index (χ1) is 12.5. The molecule has 2 aromatic rings. The molecule has 26 heavy (non-hydrogen) atoms. The molecule has 0 spiro atoms. The van der Waals surface area contributed by atoms with Gasteiger partial charge in [0.25, 0.3) is 0 Å². The third-order valence-corrected chi connectivity index (χ3v) is 4.36. The average Bonchev–Trinajstić information content (AvgIpc) is 2.59. The van der Waals surface area contributed by atoms with Crippen LogP contribution >= 0.6 is 0 Å². The third-order valence-electron chi connectivity index (χ3n) is 4.36. The lowest BCUT2D eigenvalue weighted by molar-refractivity contribution is -0.130. The van der Waals surface area contributed by atoms with E-state index in [1.54, 1.807) is 24.0 Å². The topological polar surface area (TPSA) is 61.4 Å². The number of nitrogens with one attached hydrogen (secondary N) is 2. The second kappa shape index (κ2) is 7.61. The van der Waals surface area contributed by atoms with Gasteiger partial charge in [0, 0.05) is 24.3 Å². The van der Waals surface area contributed by atoms with E-state index in [9.17, 15) is 18.4 Å². The Morgan fingerprint density at radius 2 is 2.04 bits per heavy atom. The number of nitrogens with zero attached hydrogens (tertiary/aromatic N) is 1. The normalized spacial score (nSPS) is 17.7. The van der Waals surface area contributed by atoms with Crippen LogP contribution in [0.4, 0.5) is 14.5 Å². The number of rotatable bonds is 4. The number of carbonyl (C=O) groups is 2. The summed E-state index contributed by atoms with van der Waals surface area (Å²) in [6.07, 6.45) is 0. The van der Waals surface area contributed by atoms with Gasteiger partial charge >= 0.3 is 0 Å². The van der Waals surface area contributed by atoms with Crippen LogP contribution < -0.4 is 10.6 Å². The molecule has 0 bridgehead atoms. The minimum Gasteiger partial charge on any atom is -0.353 e. The van der Waals surface area contributed by atoms with E-state index in [4.69, 9.17) is 0 Å². The Bertz CT molecular complexity index is 841. The first kappa shape index (κ1) is 18.0. The highest BCUT2D eigenvalue weighted by Crippen LogP contribution is 2.24. The summed E-state index contributed by atoms with van der Waals surface area (Å²) in [7, 11) is 0. The van der Waals surface area contributed by atoms with Gasteiger partial charge in [0.05, 0.1) is 6.54 Å². The van der Waals surface area contributed by atoms with E-state index < -0.39 is 17.7 Å². The Morgan fingerprint density at radius 3 is 2.81 bits per heavy atom. The molecule has 1 saturated heterocycles. The van der Waals surface area contributed by atoms with Gasteiger partial charge in [-0.1, -0.05) is 18.2 Å². The summed E-state index contributed by atoms with van der Waals surface area (Å²) in [5.74, 6) is -1.50. The van der Waals surface area contributed by atoms with Gasteiger partial charge in [0.15, 0.2) is 0 Å². The van der Waals surface area contributed by atoms with Gasteiger partial charge in [-0.15, -0.1) is 0 Å². The van der Waals surface area contributed by atoms with Gasteiger partial charge in [-0.25, -0.2) is 8.78 Å². The number of anilines is 1. The molecule has 0 aliphatic carbocycles. The number of piperazine rings is 1. The lowest BCUT2D eigenvalue weighted by atomic mass is 10.0. The zero-order chi connectivity index (χ0) is 18.7. The Morgan fingerprint density at radius 1 is 1.27 bits per heavy atom. The summed E-state index contributed by atoms with van der Waals surface area (Å²) in [6.45, 7) is 2.36. The van der Waals surface area contributed by atoms with Crippen molar-refractivity contribution in [3.05, 3.63) is 65.2 Å². The number of hydrogen-bond acceptors (Lipinski definition) is 3. The molecule has 136 valence electrons. The second-order valence-electron chi connectivity index (χ2n) is 6.18. The van der Waals surface area contributed by atoms with Crippen LogP contribution in [-0.2, 0) is 9.59 Å². The second-order valence-corrected chi connectivity index (χ2v) is 6.18. The third kappa shape index (κ3) is 3.88. The Kier molecular flexibility index (Phi) is 5.27. The van der Waals surface area contributed by atoms with Crippen molar-refractivity contribution >= 4 is 17.5 Å². The van der Waals surface area contributed by atoms with E-state index >= 15 is 0 Å². The molecule has 0 aromatic heterocycles. The molecule has 5 nitrogen and oxygen atoms in total. The highest BCUT2D eigenvalue weighted by atomic mass is 19.1. The van der Waals surface area contributed by atoms with Crippen LogP contribution in [0.25, 0.3) is 0 Å². The predicted molar refractivity (Wildman–Crippen MR) is 93.5 cm³/mol. The highest BCUT2D eigenvalue weighted by Gasteiger charge is 2.32. The molecule has 0 radical (unpaired) electrons. The fourth-order valence-corrected chi connectivity index (χ4v) is 3.04. The SMILES string of the molecule is Cc1c(F)cccc1NC(=O)CN1CCNC(=O)[C@@H]1c1cccc(F)c1. The van der Waals surface area contributed by atoms with Crippen LogP contribution in [0.2, 0.25) is 0 Å². The van der Waals surface area contributed by atoms with Gasteiger partial charge in [-0.3, -0.25) is 14.5 Å². The maximum atomic E-state index is 13.6. The maximum absolute atomic E-state index is 13.6. The van der Waals surface area contributed by atoms with E-state index in [0.717, 1.165) is 0 Å². The summed E-state index contributed by atoms with van der Waals surface area (Å²) in [4.78, 5) is 26.4. The molecule has 1 atom stereocenters. The van der Waals surface area contributed by atoms with Crippen LogP contribution in [0.15, 0.2) is 42.5 Å². The smallest absolute Gasteiger partial charge is 0.242 e. The van der Waals surface area contributed by atoms with Gasteiger partial charge in [0.1, 0.15) is 17.7 Å². The van der Waals surface area contributed by atoms with Crippen LogP contribution in [0.5, 0.6) is 0 Å². The van der Waals surface area contributed by atoms with Gasteiger partial charge < -0.3 is 10.6 Å². The van der Waals surface area contributed by atoms with Gasteiger partial charge in [-0.2, -0.15) is 0 Å². The van der Waals surface area contributed by atoms with Crippen LogP contribution in [0.3, 0.4) is 0 Å². The van der Waals surface area contributed by atoms with Crippen LogP contribution in [0, 0.1) is 18.6 Å². The summed E-state index contributed by atoms with van der Waals surface area (Å²) in [6, 6.07) is 9.47. The molecule has 2 N–H and O–H groups in total. The predicted octanol–water partition coefficient (Wildman–Crippen LogP) is 2.38. The van der Waals surface area contributed by atoms with Crippen molar-refractivity contribution in [3.8, 4) is 0 Å². The molecule has 1 aliphatic rings. The van der Waals surface area contributed by atoms with Gasteiger partial charge in [0.2, 0.25) is 11.8 Å². The fourth-order valence-electron chi connectivity index (χ4n) is 3.04. The first-order valence-electron chi connectivity index (χ1n) is 8.28. The van der Waals surface area contributed by atoms with E-state index in [2.05, 4.69) is 10.6 Å². The van der Waals surface area contributed by atoms with E-state index in [-0.39, 0.29) is 18.4 Å². The molecule has 0 saturated carbocycles. The first-order valence-corrected chi connectivity index (χ1v) is 8.28. The molecule has 1 fully saturated rings. The van der Waals surface area contributed by atoms with Crippen LogP contribution in [-0.4, -0.2) is 36.3 Å². The number of halogens is 2. The maximum Gasteiger partial charge on any atom is 0.242 e. The summed E-state index contributed by atoms with van der Waals surface area (Å²) < 4.78 is 27.2. The van der Waals surface area contributed by atoms with Crippen molar-refractivity contribution < 1.29 is 18.4 Å². The van der Waals surface area contributed by atoms with Crippen molar-refractivity contribution in [3.63, 3.8) is 0 Å². The molecular weight excluding hydrogens is 340 g/mol. The fraction of sp³-hybridized carbons (Fsp3) is 0.263. The highest BCUT2D eigenvalue weighted by molar-refractivity contribution is 5.93. The average molecular weight is 359 g/mol. The zero-order valence-electron chi connectivity index (χ0n) is 14.3. The number of benzene rings is 2. The molecule has 7 heteroatoms. The summed E-state index contributed by atoms with van der Waals surface area (Å²) in [5.41, 5.74) is 1.22. The molecule has 2 amide bonds.